The quantitative estimate of drug-likeness (QED) is 0.675. The number of aryl methyl sites for hydroxylation is 2. The third kappa shape index (κ3) is 3.41. The van der Waals surface area contributed by atoms with Crippen LogP contribution in [0.3, 0.4) is 0 Å². The molecule has 0 aliphatic rings. The maximum absolute atomic E-state index is 11.2. The van der Waals surface area contributed by atoms with E-state index < -0.39 is 11.0 Å². The summed E-state index contributed by atoms with van der Waals surface area (Å²) in [5.74, 6) is 0. The number of nitrogens with one attached hydrogen (secondary N) is 2. The number of benzene rings is 1. The van der Waals surface area contributed by atoms with Gasteiger partial charge in [-0.2, -0.15) is 0 Å². The van der Waals surface area contributed by atoms with Gasteiger partial charge in [0.05, 0.1) is 10.0 Å². The summed E-state index contributed by atoms with van der Waals surface area (Å²) in [6.45, 7) is 0. The van der Waals surface area contributed by atoms with Crippen LogP contribution < -0.4 is 11.0 Å². The van der Waals surface area contributed by atoms with E-state index >= 15 is 0 Å². The largest absolute Gasteiger partial charge is 0.310 e. The van der Waals surface area contributed by atoms with E-state index in [9.17, 15) is 9.59 Å². The van der Waals surface area contributed by atoms with E-state index in [4.69, 9.17) is 34.8 Å². The minimum absolute atomic E-state index is 0.388. The first kappa shape index (κ1) is 14.2. The fraction of sp³-hybridized carbons (Fsp3) is 0.167. The fourth-order valence-corrected chi connectivity index (χ4v) is 2.39. The Bertz CT molecular complexity index is 722. The lowest BCUT2D eigenvalue weighted by molar-refractivity contribution is 0.838. The van der Waals surface area contributed by atoms with Gasteiger partial charge in [-0.05, 0) is 30.5 Å². The van der Waals surface area contributed by atoms with E-state index in [1.807, 2.05) is 0 Å². The van der Waals surface area contributed by atoms with Crippen LogP contribution in [0, 0.1) is 0 Å². The first-order valence-electron chi connectivity index (χ1n) is 5.41. The lowest BCUT2D eigenvalue weighted by Gasteiger charge is -2.07. The van der Waals surface area contributed by atoms with E-state index in [0.717, 1.165) is 5.56 Å². The predicted octanol–water partition coefficient (Wildman–Crippen LogP) is 2.81. The second kappa shape index (κ2) is 5.82. The smallest absolute Gasteiger partial charge is 0.302 e. The minimum atomic E-state index is -0.674. The molecule has 0 bridgehead atoms. The molecule has 1 aromatic carbocycles. The number of hydrogen-bond donors (Lipinski definition) is 2. The SMILES string of the molecule is O=c1cc(CCc2cc(Cl)cc(Cl)c2Cl)[nH][nH]c1=O. The van der Waals surface area contributed by atoms with Gasteiger partial charge in [0.25, 0.3) is 0 Å². The molecule has 4 nitrogen and oxygen atoms in total. The van der Waals surface area contributed by atoms with Crippen LogP contribution in [0.5, 0.6) is 0 Å². The van der Waals surface area contributed by atoms with Gasteiger partial charge in [-0.25, -0.2) is 0 Å². The van der Waals surface area contributed by atoms with Crippen molar-refractivity contribution in [3.05, 3.63) is 65.1 Å². The molecular formula is C12H9Cl3N2O2. The molecule has 0 spiro atoms. The van der Waals surface area contributed by atoms with Gasteiger partial charge in [0.1, 0.15) is 0 Å². The Morgan fingerprint density at radius 3 is 2.37 bits per heavy atom. The standard InChI is InChI=1S/C12H9Cl3N2O2/c13-7-3-6(11(15)9(14)4-7)1-2-8-5-10(18)12(19)17-16-8/h3-5H,1-2H2,(H,16,18)(H,17,19). The first-order chi connectivity index (χ1) is 8.97. The minimum Gasteiger partial charge on any atom is -0.302 e. The van der Waals surface area contributed by atoms with Crippen LogP contribution in [0.15, 0.2) is 27.8 Å². The van der Waals surface area contributed by atoms with Gasteiger partial charge in [0.15, 0.2) is 0 Å². The topological polar surface area (TPSA) is 65.7 Å². The number of rotatable bonds is 3. The van der Waals surface area contributed by atoms with Crippen LogP contribution in [0.4, 0.5) is 0 Å². The molecule has 1 heterocycles. The monoisotopic (exact) mass is 318 g/mol. The van der Waals surface area contributed by atoms with Crippen molar-refractivity contribution in [1.82, 2.24) is 10.2 Å². The van der Waals surface area contributed by atoms with Gasteiger partial charge < -0.3 is 5.10 Å². The molecule has 0 aliphatic carbocycles. The van der Waals surface area contributed by atoms with E-state index in [-0.39, 0.29) is 0 Å². The number of aromatic nitrogens is 2. The summed E-state index contributed by atoms with van der Waals surface area (Å²) in [7, 11) is 0. The molecule has 19 heavy (non-hydrogen) atoms. The van der Waals surface area contributed by atoms with Crippen LogP contribution in [0.25, 0.3) is 0 Å². The summed E-state index contributed by atoms with van der Waals surface area (Å²) in [6.07, 6.45) is 1.05. The molecule has 2 aromatic rings. The molecule has 2 rings (SSSR count). The average Bonchev–Trinajstić information content (AvgIpc) is 2.36. The highest BCUT2D eigenvalue weighted by atomic mass is 35.5. The summed E-state index contributed by atoms with van der Waals surface area (Å²) in [5.41, 5.74) is 0.138. The molecule has 0 fully saturated rings. The second-order valence-corrected chi connectivity index (χ2v) is 5.20. The maximum Gasteiger partial charge on any atom is 0.310 e. The number of H-pyrrole nitrogens is 2. The van der Waals surface area contributed by atoms with E-state index in [1.54, 1.807) is 12.1 Å². The number of halogens is 3. The summed E-state index contributed by atoms with van der Waals surface area (Å²) >= 11 is 17.9. The molecule has 7 heteroatoms. The van der Waals surface area contributed by atoms with Gasteiger partial charge in [-0.15, -0.1) is 0 Å². The van der Waals surface area contributed by atoms with Gasteiger partial charge in [-0.1, -0.05) is 34.8 Å². The molecule has 0 saturated heterocycles. The molecule has 1 aromatic heterocycles. The first-order valence-corrected chi connectivity index (χ1v) is 6.55. The zero-order valence-corrected chi connectivity index (χ0v) is 11.9. The molecule has 0 radical (unpaired) electrons. The predicted molar refractivity (Wildman–Crippen MR) is 76.6 cm³/mol. The lowest BCUT2D eigenvalue weighted by Crippen LogP contribution is -2.27. The highest BCUT2D eigenvalue weighted by Crippen LogP contribution is 2.30. The van der Waals surface area contributed by atoms with Crippen molar-refractivity contribution in [3.8, 4) is 0 Å². The Morgan fingerprint density at radius 1 is 0.947 bits per heavy atom. The Kier molecular flexibility index (Phi) is 4.34. The van der Waals surface area contributed by atoms with Crippen LogP contribution in [-0.4, -0.2) is 10.2 Å². The number of aromatic amines is 2. The van der Waals surface area contributed by atoms with Crippen molar-refractivity contribution in [3.63, 3.8) is 0 Å². The van der Waals surface area contributed by atoms with Crippen LogP contribution in [-0.2, 0) is 12.8 Å². The molecule has 0 aliphatic heterocycles. The van der Waals surface area contributed by atoms with Crippen molar-refractivity contribution in [2.24, 2.45) is 0 Å². The average molecular weight is 320 g/mol. The zero-order chi connectivity index (χ0) is 14.0. The molecule has 100 valence electrons. The van der Waals surface area contributed by atoms with E-state index in [0.29, 0.717) is 33.6 Å². The van der Waals surface area contributed by atoms with E-state index in [1.165, 1.54) is 6.07 Å². The van der Waals surface area contributed by atoms with Crippen LogP contribution in [0.2, 0.25) is 15.1 Å². The fourth-order valence-electron chi connectivity index (χ4n) is 1.65. The third-order valence-electron chi connectivity index (χ3n) is 2.60. The molecule has 2 N–H and O–H groups in total. The summed E-state index contributed by atoms with van der Waals surface area (Å²) in [6, 6.07) is 4.55. The number of hydrogen-bond acceptors (Lipinski definition) is 2. The van der Waals surface area contributed by atoms with Gasteiger partial charge in [-0.3, -0.25) is 14.7 Å². The highest BCUT2D eigenvalue weighted by molar-refractivity contribution is 6.43. The van der Waals surface area contributed by atoms with Crippen LogP contribution in [0.1, 0.15) is 11.3 Å². The molecule has 0 atom stereocenters. The molecular weight excluding hydrogens is 311 g/mol. The second-order valence-electron chi connectivity index (χ2n) is 3.97. The van der Waals surface area contributed by atoms with Crippen molar-refractivity contribution in [2.45, 2.75) is 12.8 Å². The zero-order valence-electron chi connectivity index (χ0n) is 9.60. The van der Waals surface area contributed by atoms with E-state index in [2.05, 4.69) is 10.2 Å². The summed E-state index contributed by atoms with van der Waals surface area (Å²) < 4.78 is 0. The van der Waals surface area contributed by atoms with Gasteiger partial charge in [0, 0.05) is 16.8 Å². The summed E-state index contributed by atoms with van der Waals surface area (Å²) in [5, 5.41) is 6.24. The third-order valence-corrected chi connectivity index (χ3v) is 3.66. The van der Waals surface area contributed by atoms with Crippen molar-refractivity contribution < 1.29 is 0 Å². The Balaban J connectivity index is 2.21. The Morgan fingerprint density at radius 2 is 1.68 bits per heavy atom. The van der Waals surface area contributed by atoms with Crippen molar-refractivity contribution in [1.29, 1.82) is 0 Å². The maximum atomic E-state index is 11.2. The lowest BCUT2D eigenvalue weighted by atomic mass is 10.1. The van der Waals surface area contributed by atoms with Crippen LogP contribution >= 0.6 is 34.8 Å². The highest BCUT2D eigenvalue weighted by Gasteiger charge is 2.08. The molecule has 0 amide bonds. The van der Waals surface area contributed by atoms with Crippen molar-refractivity contribution in [2.75, 3.05) is 0 Å². The van der Waals surface area contributed by atoms with Gasteiger partial charge in [0.2, 0.25) is 5.43 Å². The molecule has 0 unspecified atom stereocenters. The summed E-state index contributed by atoms with van der Waals surface area (Å²) in [4.78, 5) is 22.1. The Hall–Kier alpha value is -1.23. The molecule has 0 saturated carbocycles. The normalized spacial score (nSPS) is 10.7. The van der Waals surface area contributed by atoms with Crippen molar-refractivity contribution >= 4 is 34.8 Å². The van der Waals surface area contributed by atoms with Gasteiger partial charge >= 0.3 is 5.56 Å². The Labute approximate surface area is 123 Å².